The summed E-state index contributed by atoms with van der Waals surface area (Å²) in [4.78, 5) is 18.9. The van der Waals surface area contributed by atoms with Gasteiger partial charge in [0.25, 0.3) is 0 Å². The summed E-state index contributed by atoms with van der Waals surface area (Å²) in [6.07, 6.45) is 4.44. The van der Waals surface area contributed by atoms with E-state index in [1.54, 1.807) is 4.68 Å². The van der Waals surface area contributed by atoms with Crippen LogP contribution in [0.3, 0.4) is 0 Å². The number of nitrogens with zero attached hydrogens (tertiary/aromatic N) is 6. The summed E-state index contributed by atoms with van der Waals surface area (Å²) in [5, 5.41) is 21.9. The third-order valence-corrected chi connectivity index (χ3v) is 2.79. The van der Waals surface area contributed by atoms with Crippen molar-refractivity contribution in [2.45, 2.75) is 33.2 Å². The number of hydrogen-bond donors (Lipinski definition) is 1. The van der Waals surface area contributed by atoms with Gasteiger partial charge in [-0.05, 0) is 12.8 Å². The molecule has 21 heavy (non-hydrogen) atoms. The molecule has 2 aromatic heterocycles. The van der Waals surface area contributed by atoms with Gasteiger partial charge in [0, 0.05) is 13.1 Å². The fourth-order valence-corrected chi connectivity index (χ4v) is 1.84. The average Bonchev–Trinajstić information content (AvgIpc) is 2.93. The third kappa shape index (κ3) is 3.30. The van der Waals surface area contributed by atoms with Crippen molar-refractivity contribution in [2.24, 2.45) is 0 Å². The van der Waals surface area contributed by atoms with E-state index < -0.39 is 4.92 Å². The lowest BCUT2D eigenvalue weighted by Crippen LogP contribution is -2.08. The average molecular weight is 291 g/mol. The molecule has 1 N–H and O–H groups in total. The van der Waals surface area contributed by atoms with E-state index in [-0.39, 0.29) is 11.4 Å². The zero-order chi connectivity index (χ0) is 15.2. The van der Waals surface area contributed by atoms with Crippen molar-refractivity contribution in [2.75, 3.05) is 11.9 Å². The van der Waals surface area contributed by atoms with Crippen molar-refractivity contribution in [3.8, 4) is 11.4 Å². The van der Waals surface area contributed by atoms with Crippen molar-refractivity contribution in [1.29, 1.82) is 0 Å². The summed E-state index contributed by atoms with van der Waals surface area (Å²) in [6, 6.07) is 0. The second-order valence-corrected chi connectivity index (χ2v) is 4.45. The van der Waals surface area contributed by atoms with Gasteiger partial charge < -0.3 is 5.32 Å². The Morgan fingerprint density at radius 2 is 2.14 bits per heavy atom. The first-order chi connectivity index (χ1) is 10.2. The van der Waals surface area contributed by atoms with Crippen LogP contribution in [0.4, 0.5) is 11.6 Å². The maximum Gasteiger partial charge on any atom is 0.315 e. The van der Waals surface area contributed by atoms with Crippen LogP contribution in [0.1, 0.15) is 26.7 Å². The molecule has 0 aliphatic carbocycles. The minimum Gasteiger partial charge on any atom is -0.354 e. The summed E-state index contributed by atoms with van der Waals surface area (Å²) >= 11 is 0. The van der Waals surface area contributed by atoms with E-state index in [4.69, 9.17) is 0 Å². The molecular weight excluding hydrogens is 274 g/mol. The summed E-state index contributed by atoms with van der Waals surface area (Å²) in [5.74, 6) is 0.363. The summed E-state index contributed by atoms with van der Waals surface area (Å²) in [6.45, 7) is 5.32. The molecule has 0 saturated carbocycles. The van der Waals surface area contributed by atoms with Crippen LogP contribution in [0.5, 0.6) is 0 Å². The molecule has 0 aromatic carbocycles. The van der Waals surface area contributed by atoms with Gasteiger partial charge in [-0.2, -0.15) is 0 Å². The molecule has 0 aliphatic rings. The molecule has 0 amide bonds. The summed E-state index contributed by atoms with van der Waals surface area (Å²) in [7, 11) is 0. The molecule has 9 heteroatoms. The monoisotopic (exact) mass is 291 g/mol. The van der Waals surface area contributed by atoms with Gasteiger partial charge in [-0.15, -0.1) is 5.10 Å². The molecule has 9 nitrogen and oxygen atoms in total. The summed E-state index contributed by atoms with van der Waals surface area (Å²) in [5.41, 5.74) is 0.592. The van der Waals surface area contributed by atoms with Gasteiger partial charge >= 0.3 is 5.69 Å². The second kappa shape index (κ2) is 6.73. The van der Waals surface area contributed by atoms with Crippen LogP contribution < -0.4 is 5.32 Å². The van der Waals surface area contributed by atoms with Crippen molar-refractivity contribution >= 4 is 11.6 Å². The first-order valence-corrected chi connectivity index (χ1v) is 6.81. The normalized spacial score (nSPS) is 10.6. The van der Waals surface area contributed by atoms with Crippen molar-refractivity contribution in [3.63, 3.8) is 0 Å². The number of anilines is 1. The first-order valence-electron chi connectivity index (χ1n) is 6.81. The minimum atomic E-state index is -0.498. The summed E-state index contributed by atoms with van der Waals surface area (Å²) < 4.78 is 1.61. The standard InChI is InChI=1S/C12H17N7O2/c1-3-5-13-12-14-7-10(19(20)21)11(16-12)9-8-15-17-18(9)6-4-2/h7-8H,3-6H2,1-2H3,(H,13,14,16). The van der Waals surface area contributed by atoms with Crippen LogP contribution in [-0.4, -0.2) is 36.4 Å². The Bertz CT molecular complexity index is 626. The van der Waals surface area contributed by atoms with E-state index >= 15 is 0 Å². The molecule has 0 radical (unpaired) electrons. The second-order valence-electron chi connectivity index (χ2n) is 4.45. The fraction of sp³-hybridized carbons (Fsp3) is 0.500. The van der Waals surface area contributed by atoms with E-state index in [2.05, 4.69) is 25.6 Å². The van der Waals surface area contributed by atoms with Gasteiger partial charge in [0.1, 0.15) is 11.9 Å². The number of hydrogen-bond acceptors (Lipinski definition) is 7. The molecule has 0 saturated heterocycles. The molecule has 0 aliphatic heterocycles. The first kappa shape index (κ1) is 14.8. The van der Waals surface area contributed by atoms with Crippen molar-refractivity contribution in [1.82, 2.24) is 25.0 Å². The fourth-order valence-electron chi connectivity index (χ4n) is 1.84. The van der Waals surface area contributed by atoms with E-state index in [1.165, 1.54) is 12.4 Å². The van der Waals surface area contributed by atoms with Crippen LogP contribution in [0.2, 0.25) is 0 Å². The Hall–Kier alpha value is -2.58. The minimum absolute atomic E-state index is 0.156. The predicted octanol–water partition coefficient (Wildman–Crippen LogP) is 1.88. The van der Waals surface area contributed by atoms with Crippen LogP contribution in [0.15, 0.2) is 12.4 Å². The lowest BCUT2D eigenvalue weighted by atomic mass is 10.2. The Morgan fingerprint density at radius 1 is 1.33 bits per heavy atom. The number of aromatic nitrogens is 5. The smallest absolute Gasteiger partial charge is 0.315 e. The molecule has 0 spiro atoms. The number of rotatable bonds is 7. The molecular formula is C12H17N7O2. The molecule has 2 rings (SSSR count). The Morgan fingerprint density at radius 3 is 2.81 bits per heavy atom. The highest BCUT2D eigenvalue weighted by atomic mass is 16.6. The number of aryl methyl sites for hydroxylation is 1. The van der Waals surface area contributed by atoms with Crippen molar-refractivity contribution < 1.29 is 4.92 Å². The zero-order valence-electron chi connectivity index (χ0n) is 12.0. The van der Waals surface area contributed by atoms with E-state index in [0.29, 0.717) is 24.7 Å². The van der Waals surface area contributed by atoms with Gasteiger partial charge in [-0.25, -0.2) is 14.6 Å². The molecule has 0 fully saturated rings. The van der Waals surface area contributed by atoms with Gasteiger partial charge in [-0.1, -0.05) is 19.1 Å². The van der Waals surface area contributed by atoms with Crippen molar-refractivity contribution in [3.05, 3.63) is 22.5 Å². The molecule has 0 bridgehead atoms. The third-order valence-electron chi connectivity index (χ3n) is 2.79. The quantitative estimate of drug-likeness (QED) is 0.612. The predicted molar refractivity (Wildman–Crippen MR) is 76.8 cm³/mol. The highest BCUT2D eigenvalue weighted by molar-refractivity contribution is 5.66. The van der Waals surface area contributed by atoms with Crippen LogP contribution in [-0.2, 0) is 6.54 Å². The molecule has 0 atom stereocenters. The highest BCUT2D eigenvalue weighted by Gasteiger charge is 2.22. The van der Waals surface area contributed by atoms with Gasteiger partial charge in [0.15, 0.2) is 5.69 Å². The maximum absolute atomic E-state index is 11.2. The maximum atomic E-state index is 11.2. The van der Waals surface area contributed by atoms with Crippen LogP contribution in [0, 0.1) is 10.1 Å². The molecule has 2 aromatic rings. The van der Waals surface area contributed by atoms with Gasteiger partial charge in [-0.3, -0.25) is 10.1 Å². The van der Waals surface area contributed by atoms with Gasteiger partial charge in [0.2, 0.25) is 5.95 Å². The Kier molecular flexibility index (Phi) is 4.75. The largest absolute Gasteiger partial charge is 0.354 e. The van der Waals surface area contributed by atoms with Crippen LogP contribution >= 0.6 is 0 Å². The van der Waals surface area contributed by atoms with Crippen LogP contribution in [0.25, 0.3) is 11.4 Å². The Balaban J connectivity index is 2.47. The number of nitrogens with one attached hydrogen (secondary N) is 1. The van der Waals surface area contributed by atoms with E-state index in [9.17, 15) is 10.1 Å². The lowest BCUT2D eigenvalue weighted by Gasteiger charge is -2.07. The Labute approximate surface area is 121 Å². The number of nitro groups is 1. The van der Waals surface area contributed by atoms with Gasteiger partial charge in [0.05, 0.1) is 11.1 Å². The molecule has 2 heterocycles. The topological polar surface area (TPSA) is 112 Å². The lowest BCUT2D eigenvalue weighted by molar-refractivity contribution is -0.384. The SMILES string of the molecule is CCCNc1ncc([N+](=O)[O-])c(-c2cnnn2CCC)n1. The zero-order valence-corrected chi connectivity index (χ0v) is 12.0. The molecule has 112 valence electrons. The molecule has 0 unspecified atom stereocenters. The van der Waals surface area contributed by atoms with E-state index in [1.807, 2.05) is 13.8 Å². The highest BCUT2D eigenvalue weighted by Crippen LogP contribution is 2.27. The van der Waals surface area contributed by atoms with E-state index in [0.717, 1.165) is 12.8 Å².